The number of nitrogens with zero attached hydrogens (tertiary/aromatic N) is 1. The fourth-order valence-electron chi connectivity index (χ4n) is 2.95. The van der Waals surface area contributed by atoms with Crippen molar-refractivity contribution in [3.63, 3.8) is 0 Å². The van der Waals surface area contributed by atoms with E-state index in [0.717, 1.165) is 11.1 Å². The van der Waals surface area contributed by atoms with Gasteiger partial charge in [-0.25, -0.2) is 0 Å². The van der Waals surface area contributed by atoms with E-state index in [0.29, 0.717) is 31.5 Å². The van der Waals surface area contributed by atoms with Crippen LogP contribution in [-0.4, -0.2) is 35.0 Å². The molecule has 0 aliphatic carbocycles. The topological polar surface area (TPSA) is 57.6 Å². The molecule has 2 aromatic rings. The zero-order valence-electron chi connectivity index (χ0n) is 12.8. The number of aliphatic carboxylic acids is 1. The Hall–Kier alpha value is -2.62. The number of benzene rings is 2. The van der Waals surface area contributed by atoms with E-state index in [2.05, 4.69) is 0 Å². The van der Waals surface area contributed by atoms with Crippen molar-refractivity contribution in [2.45, 2.75) is 12.8 Å². The molecule has 0 aromatic heterocycles. The predicted octanol–water partition coefficient (Wildman–Crippen LogP) is 3.29. The molecule has 1 saturated heterocycles. The van der Waals surface area contributed by atoms with Crippen LogP contribution in [0.25, 0.3) is 11.1 Å². The van der Waals surface area contributed by atoms with Gasteiger partial charge >= 0.3 is 5.97 Å². The van der Waals surface area contributed by atoms with E-state index in [1.54, 1.807) is 4.90 Å². The minimum Gasteiger partial charge on any atom is -0.481 e. The molecule has 1 aliphatic rings. The summed E-state index contributed by atoms with van der Waals surface area (Å²) in [6, 6.07) is 17.6. The van der Waals surface area contributed by atoms with Crippen LogP contribution >= 0.6 is 0 Å². The minimum atomic E-state index is -0.760. The molecule has 3 rings (SSSR count). The smallest absolute Gasteiger partial charge is 0.306 e. The summed E-state index contributed by atoms with van der Waals surface area (Å²) in [7, 11) is 0. The standard InChI is InChI=1S/C19H19NO3/c21-18(20-12-10-17(11-13-20)19(22)23)16-8-6-15(7-9-16)14-4-2-1-3-5-14/h1-9,17H,10-13H2,(H,22,23). The lowest BCUT2D eigenvalue weighted by Gasteiger charge is -2.30. The molecular formula is C19H19NO3. The molecule has 2 aromatic carbocycles. The first kappa shape index (κ1) is 15.3. The van der Waals surface area contributed by atoms with Gasteiger partial charge in [0, 0.05) is 18.7 Å². The quantitative estimate of drug-likeness (QED) is 0.946. The highest BCUT2D eigenvalue weighted by Crippen LogP contribution is 2.22. The maximum atomic E-state index is 12.5. The molecule has 4 heteroatoms. The van der Waals surface area contributed by atoms with Crippen LogP contribution in [-0.2, 0) is 4.79 Å². The molecule has 4 nitrogen and oxygen atoms in total. The Labute approximate surface area is 135 Å². The Balaban J connectivity index is 1.68. The maximum absolute atomic E-state index is 12.5. The summed E-state index contributed by atoms with van der Waals surface area (Å²) >= 11 is 0. The second kappa shape index (κ2) is 6.65. The second-order valence-electron chi connectivity index (χ2n) is 5.85. The van der Waals surface area contributed by atoms with Crippen LogP contribution in [0.4, 0.5) is 0 Å². The van der Waals surface area contributed by atoms with Gasteiger partial charge in [0.05, 0.1) is 5.92 Å². The molecule has 1 fully saturated rings. The summed E-state index contributed by atoms with van der Waals surface area (Å²) in [5.41, 5.74) is 2.85. The molecule has 1 heterocycles. The highest BCUT2D eigenvalue weighted by atomic mass is 16.4. The summed E-state index contributed by atoms with van der Waals surface area (Å²) in [5, 5.41) is 9.02. The average Bonchev–Trinajstić information content (AvgIpc) is 2.62. The lowest BCUT2D eigenvalue weighted by atomic mass is 9.96. The number of hydrogen-bond donors (Lipinski definition) is 1. The summed E-state index contributed by atoms with van der Waals surface area (Å²) in [5.74, 6) is -1.10. The van der Waals surface area contributed by atoms with E-state index >= 15 is 0 Å². The second-order valence-corrected chi connectivity index (χ2v) is 5.85. The van der Waals surface area contributed by atoms with E-state index < -0.39 is 5.97 Å². The molecule has 23 heavy (non-hydrogen) atoms. The Morgan fingerprint density at radius 3 is 2.00 bits per heavy atom. The van der Waals surface area contributed by atoms with Crippen LogP contribution in [0.5, 0.6) is 0 Å². The highest BCUT2D eigenvalue weighted by Gasteiger charge is 2.27. The van der Waals surface area contributed by atoms with Gasteiger partial charge < -0.3 is 10.0 Å². The van der Waals surface area contributed by atoms with Crippen LogP contribution in [0.15, 0.2) is 54.6 Å². The van der Waals surface area contributed by atoms with Crippen LogP contribution in [0, 0.1) is 5.92 Å². The fraction of sp³-hybridized carbons (Fsp3) is 0.263. The molecule has 1 N–H and O–H groups in total. The van der Waals surface area contributed by atoms with Gasteiger partial charge in [0.1, 0.15) is 0 Å². The largest absolute Gasteiger partial charge is 0.481 e. The van der Waals surface area contributed by atoms with E-state index in [-0.39, 0.29) is 11.8 Å². The van der Waals surface area contributed by atoms with E-state index in [1.165, 1.54) is 0 Å². The Morgan fingerprint density at radius 2 is 1.43 bits per heavy atom. The first-order chi connectivity index (χ1) is 11.1. The number of hydrogen-bond acceptors (Lipinski definition) is 2. The Morgan fingerprint density at radius 1 is 0.870 bits per heavy atom. The van der Waals surface area contributed by atoms with Gasteiger partial charge in [0.15, 0.2) is 0 Å². The molecule has 0 bridgehead atoms. The number of carboxylic acids is 1. The normalized spacial score (nSPS) is 15.4. The maximum Gasteiger partial charge on any atom is 0.306 e. The van der Waals surface area contributed by atoms with Crippen molar-refractivity contribution in [1.29, 1.82) is 0 Å². The van der Waals surface area contributed by atoms with Gasteiger partial charge in [0.25, 0.3) is 5.91 Å². The van der Waals surface area contributed by atoms with Crippen molar-refractivity contribution in [3.05, 3.63) is 60.2 Å². The number of likely N-dealkylation sites (tertiary alicyclic amines) is 1. The molecule has 0 saturated carbocycles. The third-order valence-electron chi connectivity index (χ3n) is 4.37. The average molecular weight is 309 g/mol. The van der Waals surface area contributed by atoms with Crippen LogP contribution in [0.2, 0.25) is 0 Å². The number of carbonyl (C=O) groups is 2. The summed E-state index contributed by atoms with van der Waals surface area (Å²) < 4.78 is 0. The van der Waals surface area contributed by atoms with Gasteiger partial charge in [-0.05, 0) is 36.1 Å². The summed E-state index contributed by atoms with van der Waals surface area (Å²) in [4.78, 5) is 25.2. The molecule has 1 aliphatic heterocycles. The molecule has 0 unspecified atom stereocenters. The highest BCUT2D eigenvalue weighted by molar-refractivity contribution is 5.94. The fourth-order valence-corrected chi connectivity index (χ4v) is 2.95. The van der Waals surface area contributed by atoms with Crippen molar-refractivity contribution in [2.75, 3.05) is 13.1 Å². The number of piperidine rings is 1. The van der Waals surface area contributed by atoms with E-state index in [4.69, 9.17) is 5.11 Å². The van der Waals surface area contributed by atoms with Crippen LogP contribution in [0.1, 0.15) is 23.2 Å². The Kier molecular flexibility index (Phi) is 4.42. The third-order valence-corrected chi connectivity index (χ3v) is 4.37. The predicted molar refractivity (Wildman–Crippen MR) is 88.1 cm³/mol. The molecule has 0 spiro atoms. The van der Waals surface area contributed by atoms with Crippen molar-refractivity contribution in [1.82, 2.24) is 4.90 Å². The SMILES string of the molecule is O=C(O)C1CCN(C(=O)c2ccc(-c3ccccc3)cc2)CC1. The monoisotopic (exact) mass is 309 g/mol. The van der Waals surface area contributed by atoms with Gasteiger partial charge in [-0.15, -0.1) is 0 Å². The van der Waals surface area contributed by atoms with Gasteiger partial charge in [0.2, 0.25) is 0 Å². The number of carboxylic acid groups (broad SMARTS) is 1. The first-order valence-corrected chi connectivity index (χ1v) is 7.83. The van der Waals surface area contributed by atoms with Gasteiger partial charge in [-0.3, -0.25) is 9.59 Å². The molecule has 0 atom stereocenters. The van der Waals surface area contributed by atoms with Crippen molar-refractivity contribution >= 4 is 11.9 Å². The van der Waals surface area contributed by atoms with E-state index in [9.17, 15) is 9.59 Å². The number of amides is 1. The third kappa shape index (κ3) is 3.42. The van der Waals surface area contributed by atoms with Gasteiger partial charge in [-0.2, -0.15) is 0 Å². The zero-order chi connectivity index (χ0) is 16.2. The van der Waals surface area contributed by atoms with Crippen molar-refractivity contribution in [3.8, 4) is 11.1 Å². The first-order valence-electron chi connectivity index (χ1n) is 7.83. The van der Waals surface area contributed by atoms with Crippen LogP contribution in [0.3, 0.4) is 0 Å². The number of rotatable bonds is 3. The van der Waals surface area contributed by atoms with Gasteiger partial charge in [-0.1, -0.05) is 42.5 Å². The van der Waals surface area contributed by atoms with Crippen molar-refractivity contribution in [2.24, 2.45) is 5.92 Å². The molecule has 0 radical (unpaired) electrons. The van der Waals surface area contributed by atoms with E-state index in [1.807, 2.05) is 54.6 Å². The summed E-state index contributed by atoms with van der Waals surface area (Å²) in [6.07, 6.45) is 1.06. The number of carbonyl (C=O) groups excluding carboxylic acids is 1. The lowest BCUT2D eigenvalue weighted by Crippen LogP contribution is -2.40. The molecular weight excluding hydrogens is 290 g/mol. The molecule has 1 amide bonds. The van der Waals surface area contributed by atoms with Crippen LogP contribution < -0.4 is 0 Å². The summed E-state index contributed by atoms with van der Waals surface area (Å²) in [6.45, 7) is 1.02. The zero-order valence-corrected chi connectivity index (χ0v) is 12.8. The molecule has 118 valence electrons. The Bertz CT molecular complexity index is 686. The lowest BCUT2D eigenvalue weighted by molar-refractivity contribution is -0.143. The van der Waals surface area contributed by atoms with Crippen molar-refractivity contribution < 1.29 is 14.7 Å². The minimum absolute atomic E-state index is 0.0200.